The van der Waals surface area contributed by atoms with Crippen LogP contribution in [0, 0.1) is 0 Å². The van der Waals surface area contributed by atoms with Crippen LogP contribution < -0.4 is 16.1 Å². The first-order chi connectivity index (χ1) is 15.1. The van der Waals surface area contributed by atoms with Gasteiger partial charge in [0.1, 0.15) is 6.54 Å². The van der Waals surface area contributed by atoms with Gasteiger partial charge in [-0.3, -0.25) is 13.9 Å². The van der Waals surface area contributed by atoms with Gasteiger partial charge in [0.15, 0.2) is 0 Å². The van der Waals surface area contributed by atoms with Gasteiger partial charge in [-0.05, 0) is 23.6 Å². The van der Waals surface area contributed by atoms with Crippen molar-refractivity contribution in [3.8, 4) is 11.4 Å². The Balaban J connectivity index is 1.30. The topological polar surface area (TPSA) is 86.2 Å². The molecule has 2 aromatic heterocycles. The number of hydrogen-bond acceptors (Lipinski definition) is 6. The Morgan fingerprint density at radius 3 is 2.65 bits per heavy atom. The van der Waals surface area contributed by atoms with E-state index < -0.39 is 5.69 Å². The van der Waals surface area contributed by atoms with Gasteiger partial charge in [-0.15, -0.1) is 0 Å². The number of para-hydroxylation sites is 1. The lowest BCUT2D eigenvalue weighted by Gasteiger charge is -2.19. The van der Waals surface area contributed by atoms with Crippen molar-refractivity contribution in [2.24, 2.45) is 7.05 Å². The maximum atomic E-state index is 12.2. The molecule has 3 heterocycles. The van der Waals surface area contributed by atoms with Crippen molar-refractivity contribution in [2.75, 3.05) is 11.4 Å². The van der Waals surface area contributed by atoms with E-state index in [4.69, 9.17) is 4.52 Å². The van der Waals surface area contributed by atoms with Crippen LogP contribution in [0.1, 0.15) is 17.0 Å². The molecule has 0 spiro atoms. The second-order valence-corrected chi connectivity index (χ2v) is 7.63. The van der Waals surface area contributed by atoms with E-state index in [0.29, 0.717) is 11.7 Å². The Labute approximate surface area is 178 Å². The molecule has 0 atom stereocenters. The summed E-state index contributed by atoms with van der Waals surface area (Å²) in [5.41, 5.74) is 3.97. The van der Waals surface area contributed by atoms with Crippen LogP contribution in [0.4, 0.5) is 5.69 Å². The molecule has 0 amide bonds. The number of anilines is 1. The van der Waals surface area contributed by atoms with Crippen molar-refractivity contribution >= 4 is 5.69 Å². The van der Waals surface area contributed by atoms with Crippen LogP contribution in [0.5, 0.6) is 0 Å². The van der Waals surface area contributed by atoms with E-state index in [1.807, 2.05) is 12.1 Å². The smallest absolute Gasteiger partial charge is 0.331 e. The molecule has 0 saturated heterocycles. The molecule has 0 N–H and O–H groups in total. The third-order valence-electron chi connectivity index (χ3n) is 5.60. The van der Waals surface area contributed by atoms with Gasteiger partial charge in [-0.2, -0.15) is 4.98 Å². The van der Waals surface area contributed by atoms with E-state index in [0.717, 1.165) is 29.6 Å². The van der Waals surface area contributed by atoms with Gasteiger partial charge >= 0.3 is 5.69 Å². The van der Waals surface area contributed by atoms with Crippen molar-refractivity contribution in [1.82, 2.24) is 19.3 Å². The molecule has 4 aromatic rings. The van der Waals surface area contributed by atoms with Crippen molar-refractivity contribution in [1.29, 1.82) is 0 Å². The highest BCUT2D eigenvalue weighted by Crippen LogP contribution is 2.29. The van der Waals surface area contributed by atoms with Gasteiger partial charge in [0.2, 0.25) is 11.7 Å². The maximum Gasteiger partial charge on any atom is 0.331 e. The Morgan fingerprint density at radius 2 is 1.81 bits per heavy atom. The summed E-state index contributed by atoms with van der Waals surface area (Å²) in [7, 11) is 1.43. The lowest BCUT2D eigenvalue weighted by Crippen LogP contribution is -2.37. The van der Waals surface area contributed by atoms with Crippen LogP contribution in [-0.2, 0) is 26.6 Å². The van der Waals surface area contributed by atoms with Crippen molar-refractivity contribution in [2.45, 2.75) is 19.5 Å². The lowest BCUT2D eigenvalue weighted by atomic mass is 10.1. The molecule has 8 heteroatoms. The summed E-state index contributed by atoms with van der Waals surface area (Å²) in [6.45, 7) is 1.98. The summed E-state index contributed by atoms with van der Waals surface area (Å²) in [6.07, 6.45) is 2.51. The van der Waals surface area contributed by atoms with Crippen molar-refractivity contribution in [3.05, 3.63) is 98.6 Å². The fourth-order valence-corrected chi connectivity index (χ4v) is 3.87. The Morgan fingerprint density at radius 1 is 1.00 bits per heavy atom. The first-order valence-corrected chi connectivity index (χ1v) is 10.1. The van der Waals surface area contributed by atoms with E-state index >= 15 is 0 Å². The van der Waals surface area contributed by atoms with Gasteiger partial charge in [-0.25, -0.2) is 4.79 Å². The van der Waals surface area contributed by atoms with E-state index in [1.54, 1.807) is 0 Å². The summed E-state index contributed by atoms with van der Waals surface area (Å²) >= 11 is 0. The summed E-state index contributed by atoms with van der Waals surface area (Å²) in [4.78, 5) is 30.5. The minimum Gasteiger partial charge on any atom is -0.367 e. The molecule has 0 saturated carbocycles. The van der Waals surface area contributed by atoms with Crippen molar-refractivity contribution < 1.29 is 4.52 Å². The molecule has 0 aliphatic carbocycles. The minimum absolute atomic E-state index is 0.104. The Kier molecular flexibility index (Phi) is 4.74. The summed E-state index contributed by atoms with van der Waals surface area (Å²) in [5, 5.41) is 4.03. The minimum atomic E-state index is -0.430. The molecular formula is C23H21N5O3. The number of rotatable bonds is 5. The Hall–Kier alpha value is -3.94. The molecule has 2 aromatic carbocycles. The highest BCUT2D eigenvalue weighted by molar-refractivity contribution is 5.59. The standard InChI is InChI=1S/C23H21N5O3/c1-26-21(29)11-13-28(23(26)30)15-20-24-22(25-31-20)18-8-6-16(7-9-18)14-27-12-10-17-4-2-3-5-19(17)27/h2-9,11,13H,10,12,14-15H2,1H3. The fraction of sp³-hybridized carbons (Fsp3) is 0.217. The normalized spacial score (nSPS) is 12.9. The summed E-state index contributed by atoms with van der Waals surface area (Å²) in [6, 6.07) is 18.0. The third-order valence-corrected chi connectivity index (χ3v) is 5.60. The molecule has 0 unspecified atom stereocenters. The summed E-state index contributed by atoms with van der Waals surface area (Å²) < 4.78 is 7.70. The highest BCUT2D eigenvalue weighted by Gasteiger charge is 2.18. The molecule has 0 fully saturated rings. The summed E-state index contributed by atoms with van der Waals surface area (Å²) in [5.74, 6) is 0.763. The first kappa shape index (κ1) is 19.0. The zero-order valence-corrected chi connectivity index (χ0v) is 17.1. The number of hydrogen-bond donors (Lipinski definition) is 0. The number of fused-ring (bicyclic) bond motifs is 1. The largest absolute Gasteiger partial charge is 0.367 e. The van der Waals surface area contributed by atoms with Gasteiger partial charge in [0.25, 0.3) is 5.56 Å². The molecule has 5 rings (SSSR count). The first-order valence-electron chi connectivity index (χ1n) is 10.1. The van der Waals surface area contributed by atoms with E-state index in [9.17, 15) is 9.59 Å². The van der Waals surface area contributed by atoms with Crippen LogP contribution in [0.2, 0.25) is 0 Å². The van der Waals surface area contributed by atoms with Crippen molar-refractivity contribution in [3.63, 3.8) is 0 Å². The zero-order chi connectivity index (χ0) is 21.4. The molecule has 1 aliphatic rings. The fourth-order valence-electron chi connectivity index (χ4n) is 3.87. The average Bonchev–Trinajstić information content (AvgIpc) is 3.42. The van der Waals surface area contributed by atoms with Gasteiger partial charge in [0.05, 0.1) is 0 Å². The molecule has 8 nitrogen and oxygen atoms in total. The van der Waals surface area contributed by atoms with E-state index in [1.165, 1.54) is 40.7 Å². The van der Waals surface area contributed by atoms with Crippen LogP contribution in [-0.4, -0.2) is 25.8 Å². The average molecular weight is 415 g/mol. The monoisotopic (exact) mass is 415 g/mol. The second kappa shape index (κ2) is 7.71. The predicted molar refractivity (Wildman–Crippen MR) is 116 cm³/mol. The quantitative estimate of drug-likeness (QED) is 0.497. The highest BCUT2D eigenvalue weighted by atomic mass is 16.5. The van der Waals surface area contributed by atoms with E-state index in [2.05, 4.69) is 51.4 Å². The predicted octanol–water partition coefficient (Wildman–Crippen LogP) is 2.21. The van der Waals surface area contributed by atoms with Gasteiger partial charge in [0, 0.05) is 43.7 Å². The molecule has 156 valence electrons. The molecule has 0 bridgehead atoms. The second-order valence-electron chi connectivity index (χ2n) is 7.63. The lowest BCUT2D eigenvalue weighted by molar-refractivity contribution is 0.368. The van der Waals surface area contributed by atoms with E-state index in [-0.39, 0.29) is 12.1 Å². The van der Waals surface area contributed by atoms with Crippen LogP contribution in [0.15, 0.2) is 74.9 Å². The number of benzene rings is 2. The molecule has 0 radical (unpaired) electrons. The molecule has 1 aliphatic heterocycles. The molecule has 31 heavy (non-hydrogen) atoms. The van der Waals surface area contributed by atoms with Crippen LogP contribution in [0.25, 0.3) is 11.4 Å². The van der Waals surface area contributed by atoms with Gasteiger partial charge < -0.3 is 9.42 Å². The van der Waals surface area contributed by atoms with Crippen LogP contribution >= 0.6 is 0 Å². The number of aromatic nitrogens is 4. The number of nitrogens with zero attached hydrogens (tertiary/aromatic N) is 5. The van der Waals surface area contributed by atoms with Gasteiger partial charge in [-0.1, -0.05) is 47.6 Å². The SMILES string of the molecule is Cn1c(=O)ccn(Cc2nc(-c3ccc(CN4CCc5ccccc54)cc3)no2)c1=O. The molecular weight excluding hydrogens is 394 g/mol. The third kappa shape index (κ3) is 3.68. The zero-order valence-electron chi connectivity index (χ0n) is 17.1. The van der Waals surface area contributed by atoms with Crippen LogP contribution in [0.3, 0.4) is 0 Å². The maximum absolute atomic E-state index is 12.2. The Bertz CT molecular complexity index is 1350.